The number of aryl methyl sites for hydroxylation is 1. The smallest absolute Gasteiger partial charge is 0.234 e. The minimum atomic E-state index is -0.998. The van der Waals surface area contributed by atoms with Gasteiger partial charge < -0.3 is 5.32 Å². The Morgan fingerprint density at radius 1 is 1.29 bits per heavy atom. The van der Waals surface area contributed by atoms with E-state index in [0.717, 1.165) is 23.0 Å². The summed E-state index contributed by atoms with van der Waals surface area (Å²) in [7, 11) is 0. The molecule has 126 valence electrons. The lowest BCUT2D eigenvalue weighted by atomic mass is 10.2. The molecule has 0 unspecified atom stereocenters. The molecule has 1 aromatic carbocycles. The Morgan fingerprint density at radius 3 is 2.79 bits per heavy atom. The molecule has 3 aromatic rings. The van der Waals surface area contributed by atoms with Crippen molar-refractivity contribution in [2.24, 2.45) is 0 Å². The minimum Gasteiger partial charge on any atom is -0.326 e. The zero-order valence-electron chi connectivity index (χ0n) is 13.1. The molecule has 1 amide bonds. The molecule has 0 aliphatic heterocycles. The first kappa shape index (κ1) is 16.4. The number of halogens is 2. The van der Waals surface area contributed by atoms with Crippen molar-refractivity contribution in [2.45, 2.75) is 32.6 Å². The van der Waals surface area contributed by atoms with Crippen molar-refractivity contribution in [1.29, 1.82) is 0 Å². The van der Waals surface area contributed by atoms with Gasteiger partial charge in [0.05, 0.1) is 0 Å². The largest absolute Gasteiger partial charge is 0.326 e. The van der Waals surface area contributed by atoms with Crippen LogP contribution in [-0.2, 0) is 11.2 Å². The standard InChI is InChI=1S/C15H15F2N5OS/c1-8(2)14-19-20-15-22(14)21-13(24-15)6-5-12(23)18-9-3-4-10(16)11(17)7-9/h3-4,7-8H,5-6H2,1-2H3,(H,18,23). The molecule has 0 atom stereocenters. The molecule has 0 saturated carbocycles. The number of carbonyl (C=O) groups excluding carboxylic acids is 1. The van der Waals surface area contributed by atoms with Gasteiger partial charge in [-0.3, -0.25) is 4.79 Å². The van der Waals surface area contributed by atoms with E-state index in [0.29, 0.717) is 11.4 Å². The van der Waals surface area contributed by atoms with Crippen LogP contribution in [0.3, 0.4) is 0 Å². The average Bonchev–Trinajstić information content (AvgIpc) is 3.08. The number of aromatic nitrogens is 4. The maximum absolute atomic E-state index is 13.1. The van der Waals surface area contributed by atoms with Gasteiger partial charge in [0, 0.05) is 30.5 Å². The number of nitrogens with zero attached hydrogens (tertiary/aromatic N) is 4. The average molecular weight is 351 g/mol. The van der Waals surface area contributed by atoms with Crippen LogP contribution < -0.4 is 5.32 Å². The molecule has 0 bridgehead atoms. The molecule has 24 heavy (non-hydrogen) atoms. The van der Waals surface area contributed by atoms with E-state index in [4.69, 9.17) is 0 Å². The summed E-state index contributed by atoms with van der Waals surface area (Å²) in [4.78, 5) is 12.6. The van der Waals surface area contributed by atoms with E-state index in [9.17, 15) is 13.6 Å². The van der Waals surface area contributed by atoms with Gasteiger partial charge in [-0.1, -0.05) is 25.2 Å². The molecule has 2 aromatic heterocycles. The molecule has 0 radical (unpaired) electrons. The van der Waals surface area contributed by atoms with Gasteiger partial charge in [0.25, 0.3) is 0 Å². The number of benzene rings is 1. The molecule has 0 aliphatic carbocycles. The predicted octanol–water partition coefficient (Wildman–Crippen LogP) is 3.16. The van der Waals surface area contributed by atoms with Crippen LogP contribution in [0.5, 0.6) is 0 Å². The second kappa shape index (κ2) is 6.60. The van der Waals surface area contributed by atoms with Crippen molar-refractivity contribution < 1.29 is 13.6 Å². The Bertz CT molecular complexity index is 889. The highest BCUT2D eigenvalue weighted by molar-refractivity contribution is 7.16. The van der Waals surface area contributed by atoms with Gasteiger partial charge in [-0.15, -0.1) is 10.2 Å². The second-order valence-corrected chi connectivity index (χ2v) is 6.62. The van der Waals surface area contributed by atoms with Crippen molar-refractivity contribution in [1.82, 2.24) is 19.8 Å². The number of nitrogens with one attached hydrogen (secondary N) is 1. The van der Waals surface area contributed by atoms with Gasteiger partial charge in [-0.2, -0.15) is 9.61 Å². The third-order valence-electron chi connectivity index (χ3n) is 3.34. The summed E-state index contributed by atoms with van der Waals surface area (Å²) >= 11 is 1.38. The first-order chi connectivity index (χ1) is 11.4. The lowest BCUT2D eigenvalue weighted by Crippen LogP contribution is -2.12. The number of hydrogen-bond acceptors (Lipinski definition) is 5. The summed E-state index contributed by atoms with van der Waals surface area (Å²) in [5.41, 5.74) is 0.221. The molecule has 1 N–H and O–H groups in total. The molecule has 6 nitrogen and oxygen atoms in total. The van der Waals surface area contributed by atoms with Crippen LogP contribution in [-0.4, -0.2) is 25.7 Å². The number of rotatable bonds is 5. The van der Waals surface area contributed by atoms with E-state index in [1.54, 1.807) is 4.52 Å². The summed E-state index contributed by atoms with van der Waals surface area (Å²) in [6.07, 6.45) is 0.612. The Kier molecular flexibility index (Phi) is 4.52. The zero-order valence-corrected chi connectivity index (χ0v) is 13.9. The molecule has 0 aliphatic rings. The highest BCUT2D eigenvalue weighted by Crippen LogP contribution is 2.20. The van der Waals surface area contributed by atoms with Crippen molar-refractivity contribution >= 4 is 27.9 Å². The van der Waals surface area contributed by atoms with Crippen LogP contribution >= 0.6 is 11.3 Å². The molecule has 0 fully saturated rings. The Hall–Kier alpha value is -2.42. The highest BCUT2D eigenvalue weighted by Gasteiger charge is 2.15. The number of fused-ring (bicyclic) bond motifs is 1. The third kappa shape index (κ3) is 3.40. The van der Waals surface area contributed by atoms with Gasteiger partial charge in [0.1, 0.15) is 5.01 Å². The monoisotopic (exact) mass is 351 g/mol. The van der Waals surface area contributed by atoms with Gasteiger partial charge >= 0.3 is 0 Å². The first-order valence-corrected chi connectivity index (χ1v) is 8.21. The summed E-state index contributed by atoms with van der Waals surface area (Å²) in [6.45, 7) is 4.01. The number of amides is 1. The Morgan fingerprint density at radius 2 is 2.08 bits per heavy atom. The maximum Gasteiger partial charge on any atom is 0.234 e. The molecule has 3 rings (SSSR count). The van der Waals surface area contributed by atoms with Gasteiger partial charge in [-0.25, -0.2) is 8.78 Å². The van der Waals surface area contributed by atoms with E-state index in [1.165, 1.54) is 17.4 Å². The van der Waals surface area contributed by atoms with Crippen LogP contribution in [0.2, 0.25) is 0 Å². The molecular formula is C15H15F2N5OS. The summed E-state index contributed by atoms with van der Waals surface area (Å²) in [5.74, 6) is -1.27. The summed E-state index contributed by atoms with van der Waals surface area (Å²) in [6, 6.07) is 3.24. The lowest BCUT2D eigenvalue weighted by molar-refractivity contribution is -0.116. The van der Waals surface area contributed by atoms with Crippen molar-refractivity contribution in [2.75, 3.05) is 5.32 Å². The number of carbonyl (C=O) groups is 1. The molecular weight excluding hydrogens is 336 g/mol. The van der Waals surface area contributed by atoms with Crippen LogP contribution in [0.25, 0.3) is 4.96 Å². The SMILES string of the molecule is CC(C)c1nnc2sc(CCC(=O)Nc3ccc(F)c(F)c3)nn12. The highest BCUT2D eigenvalue weighted by atomic mass is 32.1. The number of anilines is 1. The Balaban J connectivity index is 1.62. The van der Waals surface area contributed by atoms with E-state index >= 15 is 0 Å². The predicted molar refractivity (Wildman–Crippen MR) is 86.1 cm³/mol. The first-order valence-electron chi connectivity index (χ1n) is 7.40. The molecule has 2 heterocycles. The van der Waals surface area contributed by atoms with Gasteiger partial charge in [-0.05, 0) is 12.1 Å². The van der Waals surface area contributed by atoms with Crippen molar-refractivity contribution in [3.8, 4) is 0 Å². The van der Waals surface area contributed by atoms with E-state index < -0.39 is 11.6 Å². The lowest BCUT2D eigenvalue weighted by Gasteiger charge is -2.04. The normalized spacial score (nSPS) is 11.4. The summed E-state index contributed by atoms with van der Waals surface area (Å²) in [5, 5.41) is 15.9. The second-order valence-electron chi connectivity index (χ2n) is 5.58. The third-order valence-corrected chi connectivity index (χ3v) is 4.30. The fourth-order valence-corrected chi connectivity index (χ4v) is 2.99. The zero-order chi connectivity index (χ0) is 17.3. The van der Waals surface area contributed by atoms with Crippen LogP contribution in [0.15, 0.2) is 18.2 Å². The maximum atomic E-state index is 13.1. The van der Waals surface area contributed by atoms with Gasteiger partial charge in [0.15, 0.2) is 17.5 Å². The Labute approximate surface area is 140 Å². The molecule has 0 saturated heterocycles. The topological polar surface area (TPSA) is 72.2 Å². The van der Waals surface area contributed by atoms with Crippen LogP contribution in [0.1, 0.15) is 37.0 Å². The van der Waals surface area contributed by atoms with Crippen LogP contribution in [0, 0.1) is 11.6 Å². The quantitative estimate of drug-likeness (QED) is 0.766. The fourth-order valence-electron chi connectivity index (χ4n) is 2.15. The number of hydrogen-bond donors (Lipinski definition) is 1. The van der Waals surface area contributed by atoms with E-state index in [-0.39, 0.29) is 23.9 Å². The molecule has 9 heteroatoms. The molecule has 0 spiro atoms. The van der Waals surface area contributed by atoms with Crippen molar-refractivity contribution in [3.05, 3.63) is 40.7 Å². The summed E-state index contributed by atoms with van der Waals surface area (Å²) < 4.78 is 27.7. The van der Waals surface area contributed by atoms with E-state index in [1.807, 2.05) is 13.8 Å². The minimum absolute atomic E-state index is 0.181. The van der Waals surface area contributed by atoms with E-state index in [2.05, 4.69) is 20.6 Å². The van der Waals surface area contributed by atoms with Gasteiger partial charge in [0.2, 0.25) is 10.9 Å². The van der Waals surface area contributed by atoms with Crippen molar-refractivity contribution in [3.63, 3.8) is 0 Å². The fraction of sp³-hybridized carbons (Fsp3) is 0.333. The van der Waals surface area contributed by atoms with Crippen LogP contribution in [0.4, 0.5) is 14.5 Å².